The smallest absolute Gasteiger partial charge is 0.0269 e. The maximum Gasteiger partial charge on any atom is -0.0269 e. The van der Waals surface area contributed by atoms with Crippen molar-refractivity contribution in [1.29, 1.82) is 0 Å². The fourth-order valence-electron chi connectivity index (χ4n) is 7.64. The molecule has 0 aromatic rings. The van der Waals surface area contributed by atoms with Gasteiger partial charge in [0.1, 0.15) is 0 Å². The van der Waals surface area contributed by atoms with E-state index >= 15 is 0 Å². The van der Waals surface area contributed by atoms with Gasteiger partial charge < -0.3 is 0 Å². The molecule has 2 bridgehead atoms. The largest absolute Gasteiger partial charge is 0.0622 e. The number of fused-ring (bicyclic) bond motifs is 3. The number of rotatable bonds is 2. The monoisotopic (exact) mass is 330 g/mol. The summed E-state index contributed by atoms with van der Waals surface area (Å²) in [4.78, 5) is 0. The fraction of sp³-hybridized carbons (Fsp3) is 1.00. The highest BCUT2D eigenvalue weighted by Gasteiger charge is 2.50. The Hall–Kier alpha value is 0. The van der Waals surface area contributed by atoms with E-state index in [-0.39, 0.29) is 0 Å². The molecule has 0 aromatic carbocycles. The van der Waals surface area contributed by atoms with Gasteiger partial charge in [-0.05, 0) is 123 Å². The Morgan fingerprint density at radius 3 is 1.62 bits per heavy atom. The van der Waals surface area contributed by atoms with E-state index in [0.717, 1.165) is 46.3 Å². The minimum Gasteiger partial charge on any atom is -0.0622 e. The van der Waals surface area contributed by atoms with E-state index in [1.165, 1.54) is 12.8 Å². The lowest BCUT2D eigenvalue weighted by Crippen LogP contribution is -2.45. The van der Waals surface area contributed by atoms with Crippen LogP contribution in [-0.2, 0) is 0 Å². The maximum absolute atomic E-state index is 2.57. The lowest BCUT2D eigenvalue weighted by molar-refractivity contribution is -0.0578. The second kappa shape index (κ2) is 6.31. The van der Waals surface area contributed by atoms with E-state index in [4.69, 9.17) is 0 Å². The summed E-state index contributed by atoms with van der Waals surface area (Å²) >= 11 is 0. The zero-order valence-electron chi connectivity index (χ0n) is 16.9. The Labute approximate surface area is 151 Å². The molecular weight excluding hydrogens is 288 g/mol. The highest BCUT2D eigenvalue weighted by Crippen LogP contribution is 2.62. The molecule has 0 amide bonds. The van der Waals surface area contributed by atoms with Crippen LogP contribution >= 0.6 is 0 Å². The fourth-order valence-corrected chi connectivity index (χ4v) is 7.64. The van der Waals surface area contributed by atoms with Crippen LogP contribution in [0.1, 0.15) is 105 Å². The molecule has 0 nitrogen and oxygen atoms in total. The van der Waals surface area contributed by atoms with Gasteiger partial charge in [0.25, 0.3) is 0 Å². The minimum atomic E-state index is 0.740. The summed E-state index contributed by atoms with van der Waals surface area (Å²) in [6.07, 6.45) is 18.7. The first-order valence-corrected chi connectivity index (χ1v) is 11.4. The highest BCUT2D eigenvalue weighted by molar-refractivity contribution is 5.01. The van der Waals surface area contributed by atoms with Crippen molar-refractivity contribution in [2.75, 3.05) is 0 Å². The summed E-state index contributed by atoms with van der Waals surface area (Å²) in [5, 5.41) is 0. The topological polar surface area (TPSA) is 0 Å². The van der Waals surface area contributed by atoms with Crippen molar-refractivity contribution < 1.29 is 0 Å². The lowest BCUT2D eigenvalue weighted by Gasteiger charge is -2.57. The molecule has 0 heteroatoms. The van der Waals surface area contributed by atoms with Crippen LogP contribution in [0.4, 0.5) is 0 Å². The third-order valence-corrected chi connectivity index (χ3v) is 10.1. The molecule has 0 aliphatic heterocycles. The SMILES string of the molecule is CC1CC(C2CCC(C34CCC(C)(CC3)CC4)CC2)CC(C)C1C. The van der Waals surface area contributed by atoms with Crippen molar-refractivity contribution in [3.05, 3.63) is 0 Å². The predicted octanol–water partition coefficient (Wildman–Crippen LogP) is 7.47. The highest BCUT2D eigenvalue weighted by atomic mass is 14.6. The van der Waals surface area contributed by atoms with Crippen LogP contribution in [0.2, 0.25) is 0 Å². The third-order valence-electron chi connectivity index (χ3n) is 10.1. The van der Waals surface area contributed by atoms with Gasteiger partial charge in [-0.15, -0.1) is 0 Å². The maximum atomic E-state index is 2.57. The summed E-state index contributed by atoms with van der Waals surface area (Å²) in [7, 11) is 0. The normalized spacial score (nSPS) is 55.5. The quantitative estimate of drug-likeness (QED) is 0.492. The molecule has 0 spiro atoms. The second-order valence-electron chi connectivity index (χ2n) is 11.3. The molecule has 0 heterocycles. The van der Waals surface area contributed by atoms with E-state index in [2.05, 4.69) is 27.7 Å². The molecule has 0 N–H and O–H groups in total. The van der Waals surface area contributed by atoms with Crippen molar-refractivity contribution in [3.63, 3.8) is 0 Å². The Bertz CT molecular complexity index is 404. The van der Waals surface area contributed by atoms with Crippen LogP contribution in [0, 0.1) is 46.3 Å². The molecule has 138 valence electrons. The zero-order valence-corrected chi connectivity index (χ0v) is 16.9. The van der Waals surface area contributed by atoms with Crippen molar-refractivity contribution in [2.45, 2.75) is 105 Å². The van der Waals surface area contributed by atoms with Gasteiger partial charge in [0.05, 0.1) is 0 Å². The Balaban J connectivity index is 1.34. The molecule has 2 unspecified atom stereocenters. The first-order chi connectivity index (χ1) is 11.4. The van der Waals surface area contributed by atoms with Crippen LogP contribution in [0.3, 0.4) is 0 Å². The summed E-state index contributed by atoms with van der Waals surface area (Å²) < 4.78 is 0. The van der Waals surface area contributed by atoms with Gasteiger partial charge in [-0.1, -0.05) is 27.7 Å². The van der Waals surface area contributed by atoms with Gasteiger partial charge in [0, 0.05) is 0 Å². The van der Waals surface area contributed by atoms with E-state index < -0.39 is 0 Å². The van der Waals surface area contributed by atoms with Crippen LogP contribution in [0.25, 0.3) is 0 Å². The zero-order chi connectivity index (χ0) is 16.9. The number of hydrogen-bond acceptors (Lipinski definition) is 0. The number of hydrogen-bond donors (Lipinski definition) is 0. The van der Waals surface area contributed by atoms with Crippen LogP contribution < -0.4 is 0 Å². The Kier molecular flexibility index (Phi) is 4.58. The molecule has 0 aromatic heterocycles. The molecule has 0 saturated heterocycles. The average Bonchev–Trinajstić information content (AvgIpc) is 2.60. The van der Waals surface area contributed by atoms with Gasteiger partial charge in [-0.2, -0.15) is 0 Å². The van der Waals surface area contributed by atoms with Crippen LogP contribution in [-0.4, -0.2) is 0 Å². The van der Waals surface area contributed by atoms with Crippen molar-refractivity contribution in [2.24, 2.45) is 46.3 Å². The third kappa shape index (κ3) is 2.99. The second-order valence-corrected chi connectivity index (χ2v) is 11.3. The standard InChI is InChI=1S/C24H42/c1-17-15-21(16-18(2)19(17)3)20-5-7-22(8-6-20)24-12-9-23(4,10-13-24)11-14-24/h17-22H,5-16H2,1-4H3. The summed E-state index contributed by atoms with van der Waals surface area (Å²) in [6.45, 7) is 10.1. The molecule has 2 atom stereocenters. The average molecular weight is 331 g/mol. The molecule has 5 aliphatic rings. The van der Waals surface area contributed by atoms with Crippen molar-refractivity contribution >= 4 is 0 Å². The Morgan fingerprint density at radius 1 is 0.625 bits per heavy atom. The first kappa shape index (κ1) is 17.4. The van der Waals surface area contributed by atoms with E-state index in [9.17, 15) is 0 Å². The van der Waals surface area contributed by atoms with E-state index in [1.54, 1.807) is 64.2 Å². The molecule has 5 fully saturated rings. The van der Waals surface area contributed by atoms with Gasteiger partial charge in [0.2, 0.25) is 0 Å². The predicted molar refractivity (Wildman–Crippen MR) is 104 cm³/mol. The molecular formula is C24H42. The minimum absolute atomic E-state index is 0.740. The summed E-state index contributed by atoms with van der Waals surface area (Å²) in [6, 6.07) is 0. The van der Waals surface area contributed by atoms with Crippen LogP contribution in [0.5, 0.6) is 0 Å². The lowest BCUT2D eigenvalue weighted by atomic mass is 9.48. The van der Waals surface area contributed by atoms with Crippen LogP contribution in [0.15, 0.2) is 0 Å². The molecule has 5 rings (SSSR count). The van der Waals surface area contributed by atoms with E-state index in [0.29, 0.717) is 0 Å². The molecule has 5 saturated carbocycles. The summed E-state index contributed by atoms with van der Waals surface area (Å²) in [5.41, 5.74) is 1.54. The van der Waals surface area contributed by atoms with E-state index in [1.807, 2.05) is 0 Å². The van der Waals surface area contributed by atoms with Gasteiger partial charge in [-0.25, -0.2) is 0 Å². The van der Waals surface area contributed by atoms with Crippen molar-refractivity contribution in [3.8, 4) is 0 Å². The van der Waals surface area contributed by atoms with Gasteiger partial charge in [-0.3, -0.25) is 0 Å². The molecule has 0 radical (unpaired) electrons. The molecule has 5 aliphatic carbocycles. The summed E-state index contributed by atoms with van der Waals surface area (Å²) in [5.74, 6) is 6.11. The Morgan fingerprint density at radius 2 is 1.12 bits per heavy atom. The van der Waals surface area contributed by atoms with Gasteiger partial charge >= 0.3 is 0 Å². The van der Waals surface area contributed by atoms with Gasteiger partial charge in [0.15, 0.2) is 0 Å². The molecule has 24 heavy (non-hydrogen) atoms. The van der Waals surface area contributed by atoms with Crippen molar-refractivity contribution in [1.82, 2.24) is 0 Å². The first-order valence-electron chi connectivity index (χ1n) is 11.4.